The van der Waals surface area contributed by atoms with Gasteiger partial charge < -0.3 is 15.1 Å². The number of hydrogen-bond acceptors (Lipinski definition) is 4. The number of fused-ring (bicyclic) bond motifs is 1. The molecule has 1 aromatic heterocycles. The molecule has 2 heterocycles. The molecular weight excluding hydrogens is 342 g/mol. The number of aliphatic hydroxyl groups excluding tert-OH is 1. The van der Waals surface area contributed by atoms with Crippen LogP contribution in [-0.4, -0.2) is 44.4 Å². The largest absolute Gasteiger partial charge is 0.507 e. The first-order chi connectivity index (χ1) is 13.0. The predicted molar refractivity (Wildman–Crippen MR) is 102 cm³/mol. The van der Waals surface area contributed by atoms with E-state index in [2.05, 4.69) is 10.2 Å². The number of rotatable bonds is 4. The molecular formula is C21H21N3O3. The van der Waals surface area contributed by atoms with E-state index in [4.69, 9.17) is 0 Å². The van der Waals surface area contributed by atoms with Crippen molar-refractivity contribution in [1.82, 2.24) is 15.1 Å². The Balaban J connectivity index is 1.95. The van der Waals surface area contributed by atoms with Crippen molar-refractivity contribution < 1.29 is 15.0 Å². The molecule has 138 valence electrons. The summed E-state index contributed by atoms with van der Waals surface area (Å²) >= 11 is 0. The van der Waals surface area contributed by atoms with Crippen molar-refractivity contribution in [2.24, 2.45) is 0 Å². The second-order valence-electron chi connectivity index (χ2n) is 6.87. The number of carbonyl (C=O) groups is 1. The highest BCUT2D eigenvalue weighted by Crippen LogP contribution is 2.44. The lowest BCUT2D eigenvalue weighted by molar-refractivity contribution is 0.0706. The Bertz CT molecular complexity index is 1010. The molecule has 0 saturated carbocycles. The van der Waals surface area contributed by atoms with E-state index in [1.165, 1.54) is 0 Å². The fourth-order valence-electron chi connectivity index (χ4n) is 3.86. The van der Waals surface area contributed by atoms with E-state index in [1.54, 1.807) is 4.90 Å². The first kappa shape index (κ1) is 17.3. The summed E-state index contributed by atoms with van der Waals surface area (Å²) in [5.74, 6) is -0.0368. The number of carbonyl (C=O) groups excluding carboxylic acids is 1. The van der Waals surface area contributed by atoms with Gasteiger partial charge in [0, 0.05) is 17.7 Å². The topological polar surface area (TPSA) is 89.5 Å². The molecule has 0 aliphatic carbocycles. The van der Waals surface area contributed by atoms with Crippen LogP contribution in [0.25, 0.3) is 11.3 Å². The number of aromatic amines is 1. The molecule has 1 aliphatic rings. The number of hydrogen-bond donors (Lipinski definition) is 3. The van der Waals surface area contributed by atoms with E-state index in [0.717, 1.165) is 22.3 Å². The van der Waals surface area contributed by atoms with E-state index in [-0.39, 0.29) is 30.9 Å². The molecule has 1 amide bonds. The van der Waals surface area contributed by atoms with Crippen molar-refractivity contribution in [2.75, 3.05) is 13.2 Å². The van der Waals surface area contributed by atoms with E-state index in [0.29, 0.717) is 17.0 Å². The van der Waals surface area contributed by atoms with Crippen molar-refractivity contribution in [2.45, 2.75) is 19.9 Å². The lowest BCUT2D eigenvalue weighted by atomic mass is 9.94. The number of nitrogens with zero attached hydrogens (tertiary/aromatic N) is 2. The Kier molecular flexibility index (Phi) is 4.20. The summed E-state index contributed by atoms with van der Waals surface area (Å²) in [6, 6.07) is 13.1. The van der Waals surface area contributed by atoms with Gasteiger partial charge in [0.25, 0.3) is 5.91 Å². The molecule has 2 aromatic carbocycles. The van der Waals surface area contributed by atoms with Gasteiger partial charge in [-0.05, 0) is 36.6 Å². The number of benzene rings is 2. The fourth-order valence-corrected chi connectivity index (χ4v) is 3.86. The van der Waals surface area contributed by atoms with E-state index >= 15 is 0 Å². The minimum atomic E-state index is -0.366. The highest BCUT2D eigenvalue weighted by molar-refractivity contribution is 6.00. The lowest BCUT2D eigenvalue weighted by Gasteiger charge is -2.25. The number of aryl methyl sites for hydroxylation is 2. The monoisotopic (exact) mass is 363 g/mol. The maximum Gasteiger partial charge on any atom is 0.273 e. The molecule has 1 aliphatic heterocycles. The number of nitrogens with one attached hydrogen (secondary N) is 1. The first-order valence-corrected chi connectivity index (χ1v) is 8.88. The molecule has 6 heteroatoms. The zero-order chi connectivity index (χ0) is 19.1. The van der Waals surface area contributed by atoms with Crippen LogP contribution in [0.1, 0.15) is 38.8 Å². The lowest BCUT2D eigenvalue weighted by Crippen LogP contribution is -2.32. The van der Waals surface area contributed by atoms with E-state index < -0.39 is 0 Å². The quantitative estimate of drug-likeness (QED) is 0.665. The second kappa shape index (κ2) is 6.55. The van der Waals surface area contributed by atoms with Gasteiger partial charge in [0.05, 0.1) is 12.6 Å². The molecule has 6 nitrogen and oxygen atoms in total. The van der Waals surface area contributed by atoms with Gasteiger partial charge in [-0.25, -0.2) is 0 Å². The summed E-state index contributed by atoms with van der Waals surface area (Å²) in [7, 11) is 0. The van der Waals surface area contributed by atoms with Gasteiger partial charge >= 0.3 is 0 Å². The van der Waals surface area contributed by atoms with Crippen molar-refractivity contribution in [3.8, 4) is 17.0 Å². The Morgan fingerprint density at radius 1 is 1.19 bits per heavy atom. The number of phenolic OH excluding ortho intramolecular Hbond substituents is 1. The first-order valence-electron chi connectivity index (χ1n) is 8.88. The zero-order valence-corrected chi connectivity index (χ0v) is 15.2. The van der Waals surface area contributed by atoms with Crippen LogP contribution >= 0.6 is 0 Å². The number of aliphatic hydroxyl groups is 1. The number of aromatic nitrogens is 2. The van der Waals surface area contributed by atoms with Crippen LogP contribution in [0.5, 0.6) is 5.75 Å². The number of β-amino-alcohol motifs (C(OH)–C–C–N with tert-alkyl or cyclic N) is 1. The third kappa shape index (κ3) is 2.69. The maximum atomic E-state index is 12.9. The highest BCUT2D eigenvalue weighted by atomic mass is 16.3. The van der Waals surface area contributed by atoms with Gasteiger partial charge in [0.2, 0.25) is 0 Å². The molecule has 0 saturated heterocycles. The standard InChI is InChI=1S/C21H21N3O3/c1-12-10-13(2)20(26)15(11-12)17-16-18(23-22-17)21(27)24(8-9-25)19(16)14-6-4-3-5-7-14/h3-7,10-11,19,25-26H,8-9H2,1-2H3,(H,22,23)/t19-/m0/s1. The fraction of sp³-hybridized carbons (Fsp3) is 0.238. The second-order valence-corrected chi connectivity index (χ2v) is 6.87. The normalized spacial score (nSPS) is 16.0. The van der Waals surface area contributed by atoms with Crippen molar-refractivity contribution in [1.29, 1.82) is 0 Å². The Labute approximate surface area is 157 Å². The van der Waals surface area contributed by atoms with Crippen LogP contribution in [0.4, 0.5) is 0 Å². The summed E-state index contributed by atoms with van der Waals surface area (Å²) in [6.45, 7) is 3.90. The summed E-state index contributed by atoms with van der Waals surface area (Å²) in [6.07, 6.45) is 0. The van der Waals surface area contributed by atoms with Crippen LogP contribution in [0.15, 0.2) is 42.5 Å². The minimum absolute atomic E-state index is 0.128. The van der Waals surface area contributed by atoms with Gasteiger partial charge in [-0.2, -0.15) is 5.10 Å². The van der Waals surface area contributed by atoms with Gasteiger partial charge in [-0.3, -0.25) is 9.89 Å². The number of H-pyrrole nitrogens is 1. The van der Waals surface area contributed by atoms with Gasteiger partial charge in [0.1, 0.15) is 17.1 Å². The number of amides is 1. The number of phenols is 1. The molecule has 1 atom stereocenters. The number of aromatic hydroxyl groups is 1. The molecule has 3 N–H and O–H groups in total. The van der Waals surface area contributed by atoms with Gasteiger partial charge in [-0.15, -0.1) is 0 Å². The maximum absolute atomic E-state index is 12.9. The van der Waals surface area contributed by atoms with Crippen LogP contribution in [-0.2, 0) is 0 Å². The van der Waals surface area contributed by atoms with E-state index in [1.807, 2.05) is 56.3 Å². The molecule has 0 spiro atoms. The van der Waals surface area contributed by atoms with E-state index in [9.17, 15) is 15.0 Å². The molecule has 0 unspecified atom stereocenters. The Hall–Kier alpha value is -3.12. The van der Waals surface area contributed by atoms with Crippen molar-refractivity contribution in [3.05, 3.63) is 70.4 Å². The zero-order valence-electron chi connectivity index (χ0n) is 15.2. The van der Waals surface area contributed by atoms with Crippen molar-refractivity contribution >= 4 is 5.91 Å². The minimum Gasteiger partial charge on any atom is -0.507 e. The average molecular weight is 363 g/mol. The Morgan fingerprint density at radius 2 is 1.93 bits per heavy atom. The molecule has 27 heavy (non-hydrogen) atoms. The molecule has 0 bridgehead atoms. The van der Waals surface area contributed by atoms with Crippen LogP contribution < -0.4 is 0 Å². The summed E-state index contributed by atoms with van der Waals surface area (Å²) in [4.78, 5) is 14.6. The highest BCUT2D eigenvalue weighted by Gasteiger charge is 2.42. The summed E-state index contributed by atoms with van der Waals surface area (Å²) in [5.41, 5.74) is 5.01. The van der Waals surface area contributed by atoms with Gasteiger partial charge in [0.15, 0.2) is 0 Å². The van der Waals surface area contributed by atoms with Crippen LogP contribution in [0, 0.1) is 13.8 Å². The van der Waals surface area contributed by atoms with Crippen LogP contribution in [0.2, 0.25) is 0 Å². The average Bonchev–Trinajstić information content (AvgIpc) is 3.19. The molecule has 0 radical (unpaired) electrons. The molecule has 4 rings (SSSR count). The van der Waals surface area contributed by atoms with Crippen molar-refractivity contribution in [3.63, 3.8) is 0 Å². The molecule has 0 fully saturated rings. The smallest absolute Gasteiger partial charge is 0.273 e. The third-order valence-electron chi connectivity index (χ3n) is 5.02. The SMILES string of the molecule is Cc1cc(C)c(O)c(-c2n[nH]c3c2[C@H](c2ccccc2)N(CCO)C3=O)c1. The Morgan fingerprint density at radius 3 is 2.63 bits per heavy atom. The summed E-state index contributed by atoms with van der Waals surface area (Å²) < 4.78 is 0. The van der Waals surface area contributed by atoms with Gasteiger partial charge in [-0.1, -0.05) is 36.4 Å². The predicted octanol–water partition coefficient (Wildman–Crippen LogP) is 2.94. The summed E-state index contributed by atoms with van der Waals surface area (Å²) in [5, 5.41) is 27.3. The third-order valence-corrected chi connectivity index (χ3v) is 5.02. The molecule has 3 aromatic rings. The van der Waals surface area contributed by atoms with Crippen LogP contribution in [0.3, 0.4) is 0 Å².